The first-order chi connectivity index (χ1) is 17.5. The molecule has 3 aromatic carbocycles. The van der Waals surface area contributed by atoms with Crippen LogP contribution in [0.3, 0.4) is 0 Å². The van der Waals surface area contributed by atoms with Gasteiger partial charge in [-0.05, 0) is 94.1 Å². The maximum atomic E-state index is 12.3. The molecule has 1 N–H and O–H groups in total. The number of sulfonamides is 1. The molecule has 0 unspecified atom stereocenters. The van der Waals surface area contributed by atoms with Crippen LogP contribution in [0.5, 0.6) is 0 Å². The number of nitrogens with one attached hydrogen (secondary N) is 1. The fraction of sp³-hybridized carbons (Fsp3) is 0.241. The molecule has 0 aliphatic heterocycles. The molecule has 0 spiro atoms. The van der Waals surface area contributed by atoms with Gasteiger partial charge in [-0.1, -0.05) is 48.0 Å². The Balaban J connectivity index is 0.00000400. The number of carbonyl (C=O) groups is 1. The topological polar surface area (TPSA) is 95.2 Å². The van der Waals surface area contributed by atoms with E-state index in [2.05, 4.69) is 49.0 Å². The molecule has 192 valence electrons. The first-order valence-corrected chi connectivity index (χ1v) is 13.5. The molecular formula is C29H31N4NaO3S. The first-order valence-electron chi connectivity index (χ1n) is 12.1. The van der Waals surface area contributed by atoms with Gasteiger partial charge in [0.25, 0.3) is 0 Å². The quantitative estimate of drug-likeness (QED) is 0.366. The second-order valence-corrected chi connectivity index (χ2v) is 10.9. The molecule has 0 atom stereocenters. The number of benzene rings is 3. The normalized spacial score (nSPS) is 11.1. The summed E-state index contributed by atoms with van der Waals surface area (Å²) < 4.78 is 29.9. The molecule has 0 bridgehead atoms. The Hall–Kier alpha value is -2.91. The summed E-state index contributed by atoms with van der Waals surface area (Å²) in [5.41, 5.74) is 9.72. The Labute approximate surface area is 247 Å². The van der Waals surface area contributed by atoms with E-state index in [0.29, 0.717) is 6.42 Å². The van der Waals surface area contributed by atoms with Gasteiger partial charge in [0.1, 0.15) is 0 Å². The van der Waals surface area contributed by atoms with Gasteiger partial charge in [0.15, 0.2) is 6.03 Å². The predicted octanol–water partition coefficient (Wildman–Crippen LogP) is 3.10. The minimum atomic E-state index is -4.03. The number of nitrogens with zero attached hydrogens (tertiary/aromatic N) is 3. The van der Waals surface area contributed by atoms with Gasteiger partial charge >= 0.3 is 29.6 Å². The van der Waals surface area contributed by atoms with Crippen LogP contribution in [0, 0.1) is 34.6 Å². The Morgan fingerprint density at radius 2 is 1.55 bits per heavy atom. The van der Waals surface area contributed by atoms with Crippen molar-refractivity contribution in [3.63, 3.8) is 0 Å². The van der Waals surface area contributed by atoms with Gasteiger partial charge in [0.2, 0.25) is 10.0 Å². The van der Waals surface area contributed by atoms with Crippen molar-refractivity contribution >= 4 is 16.1 Å². The molecule has 0 aliphatic carbocycles. The van der Waals surface area contributed by atoms with Crippen molar-refractivity contribution in [2.24, 2.45) is 0 Å². The van der Waals surface area contributed by atoms with E-state index in [1.165, 1.54) is 23.3 Å². The van der Waals surface area contributed by atoms with E-state index in [1.54, 1.807) is 12.1 Å². The number of urea groups is 1. The van der Waals surface area contributed by atoms with E-state index in [4.69, 9.17) is 5.10 Å². The third-order valence-electron chi connectivity index (χ3n) is 6.48. The van der Waals surface area contributed by atoms with Crippen LogP contribution in [0.1, 0.15) is 33.6 Å². The Morgan fingerprint density at radius 1 is 0.895 bits per heavy atom. The van der Waals surface area contributed by atoms with Crippen molar-refractivity contribution in [1.29, 1.82) is 0 Å². The average molecular weight is 539 g/mol. The van der Waals surface area contributed by atoms with Crippen LogP contribution in [-0.2, 0) is 16.4 Å². The molecule has 4 rings (SSSR count). The SMILES string of the molecule is Cc1ccc(S(=O)(=O)[N-]C(=O)NCCc2ccc(-n3nc(C)c(-c4ccc(C)c(C)c4)c3C)cc2)cc1.[Na+]. The van der Waals surface area contributed by atoms with E-state index >= 15 is 0 Å². The molecule has 9 heteroatoms. The second kappa shape index (κ2) is 12.3. The van der Waals surface area contributed by atoms with E-state index in [1.807, 2.05) is 42.8 Å². The van der Waals surface area contributed by atoms with Crippen LogP contribution in [0.25, 0.3) is 21.5 Å². The van der Waals surface area contributed by atoms with Crippen LogP contribution in [0.15, 0.2) is 71.6 Å². The van der Waals surface area contributed by atoms with Crippen LogP contribution < -0.4 is 34.9 Å². The Morgan fingerprint density at radius 3 is 2.18 bits per heavy atom. The van der Waals surface area contributed by atoms with Gasteiger partial charge in [0.05, 0.1) is 16.3 Å². The van der Waals surface area contributed by atoms with Crippen LogP contribution in [0.4, 0.5) is 4.79 Å². The molecule has 0 saturated heterocycles. The summed E-state index contributed by atoms with van der Waals surface area (Å²) in [7, 11) is -4.03. The standard InChI is InChI=1S/C29H32N4O3S.Na/c1-19-6-14-27(15-7-19)37(35,36)32-29(34)30-17-16-24-9-12-26(13-10-24)33-23(5)28(22(4)31-33)25-11-8-20(2)21(3)18-25;/h6-15,18H,16-17H2,1-5H3,(H2,30,32,34);/q;+1/p-1. The number of aromatic nitrogens is 2. The smallest absolute Gasteiger partial charge is 0.448 e. The summed E-state index contributed by atoms with van der Waals surface area (Å²) in [6, 6.07) is 19.8. The van der Waals surface area contributed by atoms with Crippen molar-refractivity contribution in [1.82, 2.24) is 15.1 Å². The Kier molecular flexibility index (Phi) is 9.59. The van der Waals surface area contributed by atoms with E-state index in [9.17, 15) is 13.2 Å². The van der Waals surface area contributed by atoms with Gasteiger partial charge in [-0.3, -0.25) is 4.79 Å². The summed E-state index contributed by atoms with van der Waals surface area (Å²) in [6.45, 7) is 10.4. The molecule has 0 fully saturated rings. The summed E-state index contributed by atoms with van der Waals surface area (Å²) in [5.74, 6) is 0. The fourth-order valence-corrected chi connectivity index (χ4v) is 5.10. The summed E-state index contributed by atoms with van der Waals surface area (Å²) in [5, 5.41) is 7.34. The van der Waals surface area contributed by atoms with Crippen LogP contribution >= 0.6 is 0 Å². The van der Waals surface area contributed by atoms with Gasteiger partial charge in [0, 0.05) is 11.3 Å². The second-order valence-electron chi connectivity index (χ2n) is 9.28. The van der Waals surface area contributed by atoms with Crippen LogP contribution in [-0.4, -0.2) is 30.8 Å². The minimum absolute atomic E-state index is 0. The third-order valence-corrected chi connectivity index (χ3v) is 7.75. The van der Waals surface area contributed by atoms with Crippen molar-refractivity contribution in [3.05, 3.63) is 105 Å². The zero-order valence-electron chi connectivity index (χ0n) is 22.7. The van der Waals surface area contributed by atoms with Crippen molar-refractivity contribution < 1.29 is 42.8 Å². The van der Waals surface area contributed by atoms with Crippen LogP contribution in [0.2, 0.25) is 0 Å². The summed E-state index contributed by atoms with van der Waals surface area (Å²) >= 11 is 0. The van der Waals surface area contributed by atoms with Gasteiger partial charge < -0.3 is 10.0 Å². The molecule has 1 heterocycles. The zero-order valence-corrected chi connectivity index (χ0v) is 25.6. The zero-order chi connectivity index (χ0) is 26.7. The van der Waals surface area contributed by atoms with Crippen molar-refractivity contribution in [2.45, 2.75) is 45.9 Å². The first kappa shape index (κ1) is 29.6. The maximum Gasteiger partial charge on any atom is 1.00 e. The number of hydrogen-bond donors (Lipinski definition) is 1. The predicted molar refractivity (Wildman–Crippen MR) is 147 cm³/mol. The summed E-state index contributed by atoms with van der Waals surface area (Å²) in [6.07, 6.45) is 0.539. The molecular weight excluding hydrogens is 507 g/mol. The fourth-order valence-electron chi connectivity index (χ4n) is 4.23. The summed E-state index contributed by atoms with van der Waals surface area (Å²) in [4.78, 5) is 12.1. The molecule has 1 aromatic heterocycles. The van der Waals surface area contributed by atoms with E-state index in [-0.39, 0.29) is 41.0 Å². The van der Waals surface area contributed by atoms with Gasteiger partial charge in [-0.25, -0.2) is 13.1 Å². The number of carbonyl (C=O) groups excluding carboxylic acids is 1. The minimum Gasteiger partial charge on any atom is -0.448 e. The molecule has 0 aliphatic rings. The maximum absolute atomic E-state index is 12.3. The van der Waals surface area contributed by atoms with E-state index in [0.717, 1.165) is 39.3 Å². The largest absolute Gasteiger partial charge is 1.00 e. The molecule has 4 aromatic rings. The molecule has 0 radical (unpaired) electrons. The number of aryl methyl sites for hydroxylation is 4. The molecule has 38 heavy (non-hydrogen) atoms. The molecule has 7 nitrogen and oxygen atoms in total. The third kappa shape index (κ3) is 6.74. The van der Waals surface area contributed by atoms with Crippen molar-refractivity contribution in [2.75, 3.05) is 6.54 Å². The van der Waals surface area contributed by atoms with E-state index < -0.39 is 16.1 Å². The molecule has 0 saturated carbocycles. The van der Waals surface area contributed by atoms with Crippen molar-refractivity contribution in [3.8, 4) is 16.8 Å². The number of amides is 2. The van der Waals surface area contributed by atoms with Gasteiger partial charge in [-0.2, -0.15) is 5.10 Å². The number of rotatable bonds is 7. The Bertz CT molecular complexity index is 1540. The average Bonchev–Trinajstić information content (AvgIpc) is 3.15. The monoisotopic (exact) mass is 538 g/mol. The molecule has 2 amide bonds. The number of hydrogen-bond acceptors (Lipinski definition) is 4. The van der Waals surface area contributed by atoms with Gasteiger partial charge in [-0.15, -0.1) is 0 Å².